The number of hydrogen-bond acceptors (Lipinski definition) is 5. The first-order chi connectivity index (χ1) is 16.4. The predicted octanol–water partition coefficient (Wildman–Crippen LogP) is 3.55. The molecule has 0 spiro atoms. The number of hydrogen-bond donors (Lipinski definition) is 1. The number of methoxy groups -OCH3 is 1. The van der Waals surface area contributed by atoms with Gasteiger partial charge in [-0.3, -0.25) is 14.5 Å². The highest BCUT2D eigenvalue weighted by Gasteiger charge is 2.26. The van der Waals surface area contributed by atoms with Gasteiger partial charge < -0.3 is 19.4 Å². The lowest BCUT2D eigenvalue weighted by atomic mass is 10.0. The summed E-state index contributed by atoms with van der Waals surface area (Å²) in [6, 6.07) is 9.21. The average molecular weight is 488 g/mol. The normalized spacial score (nSPS) is 15.5. The third kappa shape index (κ3) is 5.24. The second-order valence-electron chi connectivity index (χ2n) is 8.28. The standard InChI is InChI=1S/C25H27ClFN3O4/c1-16(25(32)30-9-7-29(8-10-30)11-12-33-2)34-18-4-6-19-21(14-18)24(31)28-15-22(19)20-5-3-17(27)13-23(20)26/h3-6,13-16H,7-12H2,1-2H3,(H,28,31)/t16-/m1/s1. The average Bonchev–Trinajstić information content (AvgIpc) is 2.83. The molecule has 1 aromatic heterocycles. The Bertz CT molecular complexity index is 1240. The number of piperazine rings is 1. The van der Waals surface area contributed by atoms with Gasteiger partial charge >= 0.3 is 0 Å². The van der Waals surface area contributed by atoms with Crippen molar-refractivity contribution in [2.24, 2.45) is 0 Å². The van der Waals surface area contributed by atoms with Gasteiger partial charge in [-0.05, 0) is 48.7 Å². The fraction of sp³-hybridized carbons (Fsp3) is 0.360. The van der Waals surface area contributed by atoms with E-state index < -0.39 is 11.9 Å². The lowest BCUT2D eigenvalue weighted by Crippen LogP contribution is -2.52. The summed E-state index contributed by atoms with van der Waals surface area (Å²) < 4.78 is 24.5. The van der Waals surface area contributed by atoms with Gasteiger partial charge in [-0.2, -0.15) is 0 Å². The summed E-state index contributed by atoms with van der Waals surface area (Å²) in [4.78, 5) is 32.2. The zero-order chi connectivity index (χ0) is 24.2. The topological polar surface area (TPSA) is 74.9 Å². The van der Waals surface area contributed by atoms with Crippen LogP contribution in [0.3, 0.4) is 0 Å². The smallest absolute Gasteiger partial charge is 0.263 e. The molecule has 2 heterocycles. The Morgan fingerprint density at radius 1 is 1.12 bits per heavy atom. The quantitative estimate of drug-likeness (QED) is 0.551. The number of carbonyl (C=O) groups excluding carboxylic acids is 1. The van der Waals surface area contributed by atoms with Crippen molar-refractivity contribution < 1.29 is 18.7 Å². The predicted molar refractivity (Wildman–Crippen MR) is 130 cm³/mol. The van der Waals surface area contributed by atoms with Crippen molar-refractivity contribution in [3.05, 3.63) is 63.8 Å². The minimum absolute atomic E-state index is 0.0905. The van der Waals surface area contributed by atoms with Crippen LogP contribution in [0.25, 0.3) is 21.9 Å². The van der Waals surface area contributed by atoms with Gasteiger partial charge in [0.15, 0.2) is 6.10 Å². The number of rotatable bonds is 7. The van der Waals surface area contributed by atoms with Crippen LogP contribution < -0.4 is 10.3 Å². The molecule has 2 aromatic carbocycles. The molecular formula is C25H27ClFN3O4. The lowest BCUT2D eigenvalue weighted by molar-refractivity contribution is -0.139. The number of ether oxygens (including phenoxy) is 2. The summed E-state index contributed by atoms with van der Waals surface area (Å²) in [6.45, 7) is 6.09. The van der Waals surface area contributed by atoms with E-state index in [0.29, 0.717) is 47.3 Å². The molecule has 0 radical (unpaired) electrons. The highest BCUT2D eigenvalue weighted by molar-refractivity contribution is 6.33. The van der Waals surface area contributed by atoms with Crippen LogP contribution in [0.1, 0.15) is 6.92 Å². The first kappa shape index (κ1) is 24.2. The van der Waals surface area contributed by atoms with Crippen LogP contribution in [-0.2, 0) is 9.53 Å². The van der Waals surface area contributed by atoms with Crippen molar-refractivity contribution in [3.8, 4) is 16.9 Å². The Morgan fingerprint density at radius 2 is 1.88 bits per heavy atom. The van der Waals surface area contributed by atoms with E-state index >= 15 is 0 Å². The second kappa shape index (κ2) is 10.5. The maximum Gasteiger partial charge on any atom is 0.263 e. The SMILES string of the molecule is COCCN1CCN(C(=O)[C@@H](C)Oc2ccc3c(-c4ccc(F)cc4Cl)c[nH]c(=O)c3c2)CC1. The second-order valence-corrected chi connectivity index (χ2v) is 8.69. The van der Waals surface area contributed by atoms with E-state index in [1.807, 2.05) is 0 Å². The van der Waals surface area contributed by atoms with Crippen LogP contribution >= 0.6 is 11.6 Å². The van der Waals surface area contributed by atoms with Crippen LogP contribution in [0.15, 0.2) is 47.4 Å². The zero-order valence-electron chi connectivity index (χ0n) is 19.1. The van der Waals surface area contributed by atoms with Gasteiger partial charge in [-0.25, -0.2) is 4.39 Å². The number of aromatic amines is 1. The summed E-state index contributed by atoms with van der Waals surface area (Å²) in [7, 11) is 1.68. The van der Waals surface area contributed by atoms with Gasteiger partial charge in [-0.15, -0.1) is 0 Å². The highest BCUT2D eigenvalue weighted by Crippen LogP contribution is 2.33. The summed E-state index contributed by atoms with van der Waals surface area (Å²) in [6.07, 6.45) is 0.861. The molecule has 0 unspecified atom stereocenters. The molecule has 34 heavy (non-hydrogen) atoms. The van der Waals surface area contributed by atoms with Crippen LogP contribution in [0, 0.1) is 5.82 Å². The van der Waals surface area contributed by atoms with Gasteiger partial charge in [0, 0.05) is 57.2 Å². The summed E-state index contributed by atoms with van der Waals surface area (Å²) >= 11 is 6.24. The Morgan fingerprint density at radius 3 is 2.59 bits per heavy atom. The molecule has 9 heteroatoms. The van der Waals surface area contributed by atoms with E-state index in [-0.39, 0.29) is 16.5 Å². The van der Waals surface area contributed by atoms with Crippen molar-refractivity contribution in [1.82, 2.24) is 14.8 Å². The highest BCUT2D eigenvalue weighted by atomic mass is 35.5. The Balaban J connectivity index is 1.50. The molecule has 1 fully saturated rings. The number of halogens is 2. The van der Waals surface area contributed by atoms with Crippen LogP contribution in [0.5, 0.6) is 5.75 Å². The van der Waals surface area contributed by atoms with E-state index in [1.54, 1.807) is 49.4 Å². The number of pyridine rings is 1. The summed E-state index contributed by atoms with van der Waals surface area (Å²) in [5.41, 5.74) is 0.974. The van der Waals surface area contributed by atoms with Gasteiger partial charge in [0.1, 0.15) is 11.6 Å². The number of amides is 1. The van der Waals surface area contributed by atoms with E-state index in [2.05, 4.69) is 9.88 Å². The van der Waals surface area contributed by atoms with Crippen molar-refractivity contribution in [2.45, 2.75) is 13.0 Å². The Kier molecular flexibility index (Phi) is 7.50. The molecule has 1 saturated heterocycles. The molecule has 4 rings (SSSR count). The van der Waals surface area contributed by atoms with Crippen molar-refractivity contribution in [3.63, 3.8) is 0 Å². The number of benzene rings is 2. The van der Waals surface area contributed by atoms with E-state index in [0.717, 1.165) is 19.6 Å². The number of carbonyl (C=O) groups is 1. The summed E-state index contributed by atoms with van der Waals surface area (Å²) in [5.74, 6) is -0.111. The van der Waals surface area contributed by atoms with Gasteiger partial charge in [0.25, 0.3) is 11.5 Å². The molecule has 1 amide bonds. The largest absolute Gasteiger partial charge is 0.481 e. The van der Waals surface area contributed by atoms with Crippen molar-refractivity contribution in [2.75, 3.05) is 46.4 Å². The molecule has 1 aliphatic heterocycles. The fourth-order valence-corrected chi connectivity index (χ4v) is 4.44. The Labute approximate surface area is 202 Å². The molecule has 1 N–H and O–H groups in total. The molecule has 1 aliphatic rings. The van der Waals surface area contributed by atoms with Crippen LogP contribution in [0.4, 0.5) is 4.39 Å². The molecule has 7 nitrogen and oxygen atoms in total. The zero-order valence-corrected chi connectivity index (χ0v) is 19.9. The van der Waals surface area contributed by atoms with Crippen molar-refractivity contribution in [1.29, 1.82) is 0 Å². The van der Waals surface area contributed by atoms with Crippen LogP contribution in [0.2, 0.25) is 5.02 Å². The number of nitrogens with one attached hydrogen (secondary N) is 1. The number of H-pyrrole nitrogens is 1. The summed E-state index contributed by atoms with van der Waals surface area (Å²) in [5, 5.41) is 1.28. The molecule has 0 aliphatic carbocycles. The maximum absolute atomic E-state index is 13.5. The molecular weight excluding hydrogens is 461 g/mol. The minimum atomic E-state index is -0.697. The molecule has 1 atom stereocenters. The van der Waals surface area contributed by atoms with Gasteiger partial charge in [0.05, 0.1) is 17.0 Å². The Hall–Kier alpha value is -2.94. The number of fused-ring (bicyclic) bond motifs is 1. The van der Waals surface area contributed by atoms with Gasteiger partial charge in [0.2, 0.25) is 0 Å². The van der Waals surface area contributed by atoms with E-state index in [4.69, 9.17) is 21.1 Å². The minimum Gasteiger partial charge on any atom is -0.481 e. The van der Waals surface area contributed by atoms with Gasteiger partial charge in [-0.1, -0.05) is 11.6 Å². The van der Waals surface area contributed by atoms with Crippen molar-refractivity contribution >= 4 is 28.3 Å². The third-order valence-corrected chi connectivity index (χ3v) is 6.36. The van der Waals surface area contributed by atoms with Crippen LogP contribution in [-0.4, -0.2) is 73.2 Å². The first-order valence-electron chi connectivity index (χ1n) is 11.1. The fourth-order valence-electron chi connectivity index (χ4n) is 4.17. The number of nitrogens with zero attached hydrogens (tertiary/aromatic N) is 2. The lowest BCUT2D eigenvalue weighted by Gasteiger charge is -2.35. The molecule has 180 valence electrons. The third-order valence-electron chi connectivity index (χ3n) is 6.05. The first-order valence-corrected chi connectivity index (χ1v) is 11.5. The monoisotopic (exact) mass is 487 g/mol. The van der Waals surface area contributed by atoms with E-state index in [1.165, 1.54) is 12.1 Å². The molecule has 3 aromatic rings. The molecule has 0 saturated carbocycles. The maximum atomic E-state index is 13.5. The molecule has 0 bridgehead atoms. The number of aromatic nitrogens is 1. The van der Waals surface area contributed by atoms with E-state index in [9.17, 15) is 14.0 Å².